The number of aromatic nitrogens is 10. The van der Waals surface area contributed by atoms with Gasteiger partial charge in [-0.05, 0) is 30.7 Å². The number of fused-ring (bicyclic) bond motifs is 2. The number of carbonyl (C=O) groups is 1. The molecule has 0 spiro atoms. The minimum absolute atomic E-state index is 0.0350. The van der Waals surface area contributed by atoms with Gasteiger partial charge in [0, 0.05) is 38.7 Å². The molecule has 13 heteroatoms. The molecule has 6 rings (SSSR count). The summed E-state index contributed by atoms with van der Waals surface area (Å²) in [6.45, 7) is 6.00. The highest BCUT2D eigenvalue weighted by Gasteiger charge is 2.37. The summed E-state index contributed by atoms with van der Waals surface area (Å²) in [4.78, 5) is 28.5. The van der Waals surface area contributed by atoms with Gasteiger partial charge >= 0.3 is 6.01 Å². The fraction of sp³-hybridized carbons (Fsp3) is 0.524. The van der Waals surface area contributed by atoms with Crippen LogP contribution in [0, 0.1) is 6.92 Å². The monoisotopic (exact) mass is 463 g/mol. The number of ether oxygens (including phenoxy) is 1. The Morgan fingerprint density at radius 1 is 1.24 bits per heavy atom. The number of hydrogen-bond acceptors (Lipinski definition) is 9. The molecule has 6 heterocycles. The fourth-order valence-electron chi connectivity index (χ4n) is 4.87. The SMILES string of the molecule is CCn1ncc(-c2nc3cnc(OC4CCN(C(=O)C5CCc6nnnn65)C4)nc3n2C)c1C. The van der Waals surface area contributed by atoms with E-state index in [9.17, 15) is 4.79 Å². The molecular formula is C21H25N11O2. The van der Waals surface area contributed by atoms with Crippen molar-refractivity contribution in [3.8, 4) is 17.4 Å². The van der Waals surface area contributed by atoms with Crippen molar-refractivity contribution in [2.75, 3.05) is 13.1 Å². The highest BCUT2D eigenvalue weighted by molar-refractivity contribution is 5.81. The van der Waals surface area contributed by atoms with Gasteiger partial charge in [-0.25, -0.2) is 14.6 Å². The Kier molecular flexibility index (Phi) is 4.78. The number of aryl methyl sites for hydroxylation is 3. The van der Waals surface area contributed by atoms with Crippen molar-refractivity contribution in [2.24, 2.45) is 7.05 Å². The van der Waals surface area contributed by atoms with Crippen LogP contribution in [0.1, 0.15) is 37.3 Å². The third-order valence-electron chi connectivity index (χ3n) is 6.74. The molecule has 13 nitrogen and oxygen atoms in total. The van der Waals surface area contributed by atoms with Gasteiger partial charge in [-0.1, -0.05) is 0 Å². The quantitative estimate of drug-likeness (QED) is 0.419. The molecule has 2 unspecified atom stereocenters. The van der Waals surface area contributed by atoms with E-state index in [0.29, 0.717) is 37.1 Å². The van der Waals surface area contributed by atoms with Crippen LogP contribution >= 0.6 is 0 Å². The maximum Gasteiger partial charge on any atom is 0.318 e. The van der Waals surface area contributed by atoms with Gasteiger partial charge in [-0.3, -0.25) is 9.48 Å². The van der Waals surface area contributed by atoms with E-state index in [1.807, 2.05) is 34.3 Å². The summed E-state index contributed by atoms with van der Waals surface area (Å²) in [6.07, 6.45) is 5.48. The molecule has 176 valence electrons. The Hall–Kier alpha value is -3.90. The van der Waals surface area contributed by atoms with E-state index in [1.165, 1.54) is 0 Å². The zero-order valence-corrected chi connectivity index (χ0v) is 19.3. The molecule has 2 aliphatic heterocycles. The Bertz CT molecular complexity index is 1390. The molecule has 0 aromatic carbocycles. The summed E-state index contributed by atoms with van der Waals surface area (Å²) in [5.74, 6) is 1.59. The minimum Gasteiger partial charge on any atom is -0.458 e. The number of likely N-dealkylation sites (tertiary alicyclic amines) is 1. The topological polar surface area (TPSA) is 135 Å². The fourth-order valence-corrected chi connectivity index (χ4v) is 4.87. The number of nitrogens with zero attached hydrogens (tertiary/aromatic N) is 11. The smallest absolute Gasteiger partial charge is 0.318 e. The van der Waals surface area contributed by atoms with Crippen LogP contribution in [0.2, 0.25) is 0 Å². The van der Waals surface area contributed by atoms with Gasteiger partial charge in [0.1, 0.15) is 23.5 Å². The van der Waals surface area contributed by atoms with Crippen LogP contribution in [0.15, 0.2) is 12.4 Å². The van der Waals surface area contributed by atoms with E-state index in [-0.39, 0.29) is 24.1 Å². The predicted molar refractivity (Wildman–Crippen MR) is 119 cm³/mol. The van der Waals surface area contributed by atoms with Gasteiger partial charge in [-0.2, -0.15) is 10.1 Å². The average molecular weight is 464 g/mol. The molecule has 0 aliphatic carbocycles. The Labute approximate surface area is 194 Å². The van der Waals surface area contributed by atoms with Crippen molar-refractivity contribution in [1.82, 2.24) is 54.4 Å². The molecule has 34 heavy (non-hydrogen) atoms. The van der Waals surface area contributed by atoms with Gasteiger partial charge < -0.3 is 14.2 Å². The second-order valence-electron chi connectivity index (χ2n) is 8.72. The molecular weight excluding hydrogens is 438 g/mol. The van der Waals surface area contributed by atoms with Crippen molar-refractivity contribution >= 4 is 17.1 Å². The van der Waals surface area contributed by atoms with Crippen LogP contribution < -0.4 is 4.74 Å². The third-order valence-corrected chi connectivity index (χ3v) is 6.74. The van der Waals surface area contributed by atoms with Gasteiger partial charge in [0.05, 0.1) is 24.5 Å². The first-order valence-electron chi connectivity index (χ1n) is 11.5. The molecule has 4 aromatic heterocycles. The lowest BCUT2D eigenvalue weighted by Crippen LogP contribution is -2.36. The number of carbonyl (C=O) groups excluding carboxylic acids is 1. The molecule has 1 saturated heterocycles. The summed E-state index contributed by atoms with van der Waals surface area (Å²) < 4.78 is 11.6. The highest BCUT2D eigenvalue weighted by Crippen LogP contribution is 2.28. The molecule has 4 aromatic rings. The van der Waals surface area contributed by atoms with Gasteiger partial charge in [-0.15, -0.1) is 5.10 Å². The second kappa shape index (κ2) is 7.85. The van der Waals surface area contributed by atoms with Crippen molar-refractivity contribution < 1.29 is 9.53 Å². The zero-order chi connectivity index (χ0) is 23.4. The van der Waals surface area contributed by atoms with Crippen LogP contribution in [0.25, 0.3) is 22.6 Å². The minimum atomic E-state index is -0.329. The van der Waals surface area contributed by atoms with E-state index in [2.05, 4.69) is 37.5 Å². The third kappa shape index (κ3) is 3.22. The first-order chi connectivity index (χ1) is 16.5. The first kappa shape index (κ1) is 20.7. The highest BCUT2D eigenvalue weighted by atomic mass is 16.5. The number of rotatable bonds is 5. The van der Waals surface area contributed by atoms with Gasteiger partial charge in [0.15, 0.2) is 11.5 Å². The molecule has 0 N–H and O–H groups in total. The number of amides is 1. The molecule has 0 radical (unpaired) electrons. The Morgan fingerprint density at radius 3 is 2.94 bits per heavy atom. The van der Waals surface area contributed by atoms with Crippen LogP contribution in [0.3, 0.4) is 0 Å². The molecule has 1 fully saturated rings. The maximum atomic E-state index is 13.0. The maximum absolute atomic E-state index is 13.0. The van der Waals surface area contributed by atoms with Gasteiger partial charge in [0.25, 0.3) is 0 Å². The molecule has 1 amide bonds. The standard InChI is InChI=1S/C21H25N11O2/c1-4-31-12(2)14(9-23-31)18-24-15-10-22-21(25-19(15)29(18)3)34-13-7-8-30(11-13)20(33)16-5-6-17-26-27-28-32(16)17/h9-10,13,16H,4-8,11H2,1-3H3. The average Bonchev–Trinajstić information content (AvgIpc) is 3.64. The van der Waals surface area contributed by atoms with E-state index in [0.717, 1.165) is 35.9 Å². The summed E-state index contributed by atoms with van der Waals surface area (Å²) in [7, 11) is 1.93. The predicted octanol–water partition coefficient (Wildman–Crippen LogP) is 0.709. The molecule has 2 atom stereocenters. The summed E-state index contributed by atoms with van der Waals surface area (Å²) in [6, 6.07) is -0.0457. The largest absolute Gasteiger partial charge is 0.458 e. The number of imidazole rings is 1. The second-order valence-corrected chi connectivity index (χ2v) is 8.72. The lowest BCUT2D eigenvalue weighted by Gasteiger charge is -2.20. The number of hydrogen-bond donors (Lipinski definition) is 0. The van der Waals surface area contributed by atoms with Crippen LogP contribution in [0.4, 0.5) is 0 Å². The van der Waals surface area contributed by atoms with E-state index < -0.39 is 0 Å². The zero-order valence-electron chi connectivity index (χ0n) is 19.3. The van der Waals surface area contributed by atoms with E-state index in [1.54, 1.807) is 10.9 Å². The summed E-state index contributed by atoms with van der Waals surface area (Å²) in [5.41, 5.74) is 3.39. The van der Waals surface area contributed by atoms with Crippen molar-refractivity contribution in [3.05, 3.63) is 23.9 Å². The van der Waals surface area contributed by atoms with E-state index >= 15 is 0 Å². The van der Waals surface area contributed by atoms with E-state index in [4.69, 9.17) is 9.72 Å². The lowest BCUT2D eigenvalue weighted by molar-refractivity contribution is -0.134. The van der Waals surface area contributed by atoms with Crippen LogP contribution in [0.5, 0.6) is 6.01 Å². The lowest BCUT2D eigenvalue weighted by atomic mass is 10.2. The Balaban J connectivity index is 1.18. The summed E-state index contributed by atoms with van der Waals surface area (Å²) >= 11 is 0. The summed E-state index contributed by atoms with van der Waals surface area (Å²) in [5, 5.41) is 16.0. The van der Waals surface area contributed by atoms with Crippen LogP contribution in [-0.2, 0) is 24.8 Å². The van der Waals surface area contributed by atoms with Crippen molar-refractivity contribution in [1.29, 1.82) is 0 Å². The van der Waals surface area contributed by atoms with Crippen LogP contribution in [-0.4, -0.2) is 79.5 Å². The van der Waals surface area contributed by atoms with Gasteiger partial charge in [0.2, 0.25) is 5.91 Å². The Morgan fingerprint density at radius 2 is 2.12 bits per heavy atom. The van der Waals surface area contributed by atoms with Crippen molar-refractivity contribution in [3.63, 3.8) is 0 Å². The normalized spacial score (nSPS) is 19.8. The molecule has 2 aliphatic rings. The van der Waals surface area contributed by atoms with Crippen molar-refractivity contribution in [2.45, 2.75) is 51.8 Å². The molecule has 0 saturated carbocycles. The number of tetrazole rings is 1. The molecule has 0 bridgehead atoms. The first-order valence-corrected chi connectivity index (χ1v) is 11.5.